The van der Waals surface area contributed by atoms with Crippen molar-refractivity contribution in [2.45, 2.75) is 25.8 Å². The molecule has 0 aliphatic carbocycles. The number of nitrogens with zero attached hydrogens (tertiary/aromatic N) is 1. The van der Waals surface area contributed by atoms with E-state index in [1.807, 2.05) is 0 Å². The molecule has 0 aromatic rings. The van der Waals surface area contributed by atoms with Crippen molar-refractivity contribution in [1.29, 1.82) is 0 Å². The number of amides is 1. The predicted molar refractivity (Wildman–Crippen MR) is 67.9 cm³/mol. The SMILES string of the molecule is C=C(C)C(=O)NC(CCN)CC[N+](C)(C)C. The van der Waals surface area contributed by atoms with Gasteiger partial charge in [-0.1, -0.05) is 6.58 Å². The van der Waals surface area contributed by atoms with Crippen LogP contribution in [0.3, 0.4) is 0 Å². The molecule has 16 heavy (non-hydrogen) atoms. The van der Waals surface area contributed by atoms with Crippen LogP contribution in [0, 0.1) is 0 Å². The van der Waals surface area contributed by atoms with E-state index in [0.717, 1.165) is 23.9 Å². The summed E-state index contributed by atoms with van der Waals surface area (Å²) in [5.41, 5.74) is 6.09. The molecule has 0 aliphatic heterocycles. The first-order valence-corrected chi connectivity index (χ1v) is 5.73. The number of rotatable bonds is 7. The van der Waals surface area contributed by atoms with E-state index in [9.17, 15) is 4.79 Å². The van der Waals surface area contributed by atoms with Crippen LogP contribution >= 0.6 is 0 Å². The van der Waals surface area contributed by atoms with Gasteiger partial charge in [-0.05, 0) is 19.9 Å². The molecule has 0 rings (SSSR count). The molecule has 0 heterocycles. The second-order valence-electron chi connectivity index (χ2n) is 5.33. The molecule has 0 saturated carbocycles. The monoisotopic (exact) mass is 228 g/mol. The molecule has 0 bridgehead atoms. The topological polar surface area (TPSA) is 55.1 Å². The maximum atomic E-state index is 11.5. The highest BCUT2D eigenvalue weighted by molar-refractivity contribution is 5.92. The van der Waals surface area contributed by atoms with Gasteiger partial charge in [0.15, 0.2) is 0 Å². The molecule has 0 fully saturated rings. The summed E-state index contributed by atoms with van der Waals surface area (Å²) in [4.78, 5) is 11.5. The van der Waals surface area contributed by atoms with Crippen LogP contribution in [0.25, 0.3) is 0 Å². The van der Waals surface area contributed by atoms with E-state index in [1.54, 1.807) is 6.92 Å². The lowest BCUT2D eigenvalue weighted by atomic mass is 10.1. The summed E-state index contributed by atoms with van der Waals surface area (Å²) in [6.07, 6.45) is 1.76. The van der Waals surface area contributed by atoms with Crippen molar-refractivity contribution in [2.24, 2.45) is 5.73 Å². The lowest BCUT2D eigenvalue weighted by Gasteiger charge is -2.27. The molecule has 4 nitrogen and oxygen atoms in total. The van der Waals surface area contributed by atoms with Crippen LogP contribution in [0.15, 0.2) is 12.2 Å². The zero-order valence-electron chi connectivity index (χ0n) is 11.0. The van der Waals surface area contributed by atoms with Crippen molar-refractivity contribution in [3.8, 4) is 0 Å². The van der Waals surface area contributed by atoms with Crippen LogP contribution in [0.4, 0.5) is 0 Å². The fourth-order valence-electron chi connectivity index (χ4n) is 1.34. The number of nitrogens with one attached hydrogen (secondary N) is 1. The van der Waals surface area contributed by atoms with Gasteiger partial charge in [0.1, 0.15) is 0 Å². The van der Waals surface area contributed by atoms with Gasteiger partial charge in [0, 0.05) is 18.0 Å². The van der Waals surface area contributed by atoms with Crippen molar-refractivity contribution < 1.29 is 9.28 Å². The highest BCUT2D eigenvalue weighted by Crippen LogP contribution is 2.03. The summed E-state index contributed by atoms with van der Waals surface area (Å²) in [5.74, 6) is -0.0696. The first-order chi connectivity index (χ1) is 7.26. The second-order valence-corrected chi connectivity index (χ2v) is 5.33. The van der Waals surface area contributed by atoms with Crippen LogP contribution in [-0.4, -0.2) is 50.7 Å². The molecule has 0 aromatic heterocycles. The number of carbonyl (C=O) groups excluding carboxylic acids is 1. The van der Waals surface area contributed by atoms with Crippen molar-refractivity contribution in [3.63, 3.8) is 0 Å². The first kappa shape index (κ1) is 15.1. The largest absolute Gasteiger partial charge is 0.349 e. The molecule has 0 aliphatic rings. The minimum absolute atomic E-state index is 0.0696. The van der Waals surface area contributed by atoms with E-state index in [4.69, 9.17) is 5.73 Å². The smallest absolute Gasteiger partial charge is 0.246 e. The van der Waals surface area contributed by atoms with Gasteiger partial charge in [-0.3, -0.25) is 4.79 Å². The number of nitrogens with two attached hydrogens (primary N) is 1. The Balaban J connectivity index is 4.17. The molecule has 94 valence electrons. The normalized spacial score (nSPS) is 13.3. The Morgan fingerprint density at radius 2 is 1.94 bits per heavy atom. The average Bonchev–Trinajstić information content (AvgIpc) is 2.13. The molecular weight excluding hydrogens is 202 g/mol. The van der Waals surface area contributed by atoms with Gasteiger partial charge in [-0.2, -0.15) is 0 Å². The molecule has 0 spiro atoms. The maximum Gasteiger partial charge on any atom is 0.246 e. The molecule has 1 unspecified atom stereocenters. The zero-order valence-corrected chi connectivity index (χ0v) is 11.0. The van der Waals surface area contributed by atoms with Crippen LogP contribution in [0.5, 0.6) is 0 Å². The van der Waals surface area contributed by atoms with Crippen LogP contribution in [0.2, 0.25) is 0 Å². The summed E-state index contributed by atoms with van der Waals surface area (Å²) in [6, 6.07) is 0.159. The quantitative estimate of drug-likeness (QED) is 0.492. The Morgan fingerprint density at radius 1 is 1.38 bits per heavy atom. The van der Waals surface area contributed by atoms with E-state index in [2.05, 4.69) is 33.0 Å². The van der Waals surface area contributed by atoms with Gasteiger partial charge in [0.05, 0.1) is 27.7 Å². The third kappa shape index (κ3) is 7.43. The molecule has 0 aromatic carbocycles. The van der Waals surface area contributed by atoms with E-state index < -0.39 is 0 Å². The average molecular weight is 228 g/mol. The summed E-state index contributed by atoms with van der Waals surface area (Å²) in [6.45, 7) is 6.96. The summed E-state index contributed by atoms with van der Waals surface area (Å²) >= 11 is 0. The molecule has 0 radical (unpaired) electrons. The number of quaternary nitrogens is 1. The summed E-state index contributed by atoms with van der Waals surface area (Å²) in [5, 5.41) is 2.96. The van der Waals surface area contributed by atoms with Crippen molar-refractivity contribution in [3.05, 3.63) is 12.2 Å². The number of hydrogen-bond donors (Lipinski definition) is 2. The predicted octanol–water partition coefficient (Wildman–Crippen LogP) is 0.492. The van der Waals surface area contributed by atoms with Crippen molar-refractivity contribution in [1.82, 2.24) is 5.32 Å². The first-order valence-electron chi connectivity index (χ1n) is 5.73. The Bertz CT molecular complexity index is 243. The van der Waals surface area contributed by atoms with Crippen LogP contribution in [-0.2, 0) is 4.79 Å². The van der Waals surface area contributed by atoms with Gasteiger partial charge in [-0.15, -0.1) is 0 Å². The number of hydrogen-bond acceptors (Lipinski definition) is 2. The zero-order chi connectivity index (χ0) is 12.8. The Morgan fingerprint density at radius 3 is 2.31 bits per heavy atom. The van der Waals surface area contributed by atoms with Gasteiger partial charge in [0.25, 0.3) is 0 Å². The fourth-order valence-corrected chi connectivity index (χ4v) is 1.34. The van der Waals surface area contributed by atoms with E-state index >= 15 is 0 Å². The Hall–Kier alpha value is -0.870. The minimum Gasteiger partial charge on any atom is -0.349 e. The third-order valence-corrected chi connectivity index (χ3v) is 2.39. The molecule has 1 amide bonds. The van der Waals surface area contributed by atoms with Crippen molar-refractivity contribution in [2.75, 3.05) is 34.2 Å². The highest BCUT2D eigenvalue weighted by atomic mass is 16.1. The van der Waals surface area contributed by atoms with E-state index in [1.165, 1.54) is 0 Å². The van der Waals surface area contributed by atoms with E-state index in [0.29, 0.717) is 12.1 Å². The Labute approximate surface area is 99.1 Å². The maximum absolute atomic E-state index is 11.5. The van der Waals surface area contributed by atoms with Crippen LogP contribution in [0.1, 0.15) is 19.8 Å². The van der Waals surface area contributed by atoms with Gasteiger partial charge >= 0.3 is 0 Å². The third-order valence-electron chi connectivity index (χ3n) is 2.39. The van der Waals surface area contributed by atoms with Gasteiger partial charge in [-0.25, -0.2) is 0 Å². The molecular formula is C12H26N3O+. The van der Waals surface area contributed by atoms with Crippen LogP contribution < -0.4 is 11.1 Å². The fraction of sp³-hybridized carbons (Fsp3) is 0.750. The summed E-state index contributed by atoms with van der Waals surface area (Å²) < 4.78 is 0.893. The lowest BCUT2D eigenvalue weighted by molar-refractivity contribution is -0.870. The Kier molecular flexibility index (Phi) is 6.29. The summed E-state index contributed by atoms with van der Waals surface area (Å²) in [7, 11) is 6.42. The minimum atomic E-state index is -0.0696. The molecule has 3 N–H and O–H groups in total. The standard InChI is InChI=1S/C12H25N3O/c1-10(2)12(16)14-11(6-8-13)7-9-15(3,4)5/h11H,1,6-9,13H2,2-5H3/p+1. The lowest BCUT2D eigenvalue weighted by Crippen LogP contribution is -2.42. The second kappa shape index (κ2) is 6.66. The highest BCUT2D eigenvalue weighted by Gasteiger charge is 2.16. The molecule has 0 saturated heterocycles. The van der Waals surface area contributed by atoms with E-state index in [-0.39, 0.29) is 11.9 Å². The molecule has 1 atom stereocenters. The number of carbonyl (C=O) groups is 1. The van der Waals surface area contributed by atoms with Gasteiger partial charge < -0.3 is 15.5 Å². The molecule has 4 heteroatoms. The van der Waals surface area contributed by atoms with Gasteiger partial charge in [0.2, 0.25) is 5.91 Å². The van der Waals surface area contributed by atoms with Crippen molar-refractivity contribution >= 4 is 5.91 Å².